The van der Waals surface area contributed by atoms with Crippen molar-refractivity contribution in [1.82, 2.24) is 20.2 Å². The number of imidazole rings is 1. The first-order valence-corrected chi connectivity index (χ1v) is 7.40. The highest BCUT2D eigenvalue weighted by molar-refractivity contribution is 5.93. The minimum absolute atomic E-state index is 0.0430. The van der Waals surface area contributed by atoms with Crippen molar-refractivity contribution < 1.29 is 22.8 Å². The van der Waals surface area contributed by atoms with Gasteiger partial charge in [0.25, 0.3) is 5.91 Å². The maximum atomic E-state index is 12.7. The predicted octanol–water partition coefficient (Wildman–Crippen LogP) is 1.81. The van der Waals surface area contributed by atoms with Gasteiger partial charge in [0.05, 0.1) is 6.33 Å². The van der Waals surface area contributed by atoms with Gasteiger partial charge in [0.2, 0.25) is 5.91 Å². The number of carbonyl (C=O) groups is 2. The number of likely N-dealkylation sites (tertiary alicyclic amines) is 1. The number of amides is 2. The van der Waals surface area contributed by atoms with Gasteiger partial charge in [-0.05, 0) is 12.8 Å². The summed E-state index contributed by atoms with van der Waals surface area (Å²) in [7, 11) is 0. The molecule has 6 nitrogen and oxygen atoms in total. The Morgan fingerprint density at radius 2 is 1.96 bits per heavy atom. The third-order valence-electron chi connectivity index (χ3n) is 3.77. The maximum Gasteiger partial charge on any atom is 0.433 e. The molecule has 0 bridgehead atoms. The molecule has 1 aliphatic rings. The van der Waals surface area contributed by atoms with Crippen LogP contribution in [0.5, 0.6) is 0 Å². The van der Waals surface area contributed by atoms with E-state index >= 15 is 0 Å². The normalized spacial score (nSPS) is 16.7. The van der Waals surface area contributed by atoms with Gasteiger partial charge in [-0.2, -0.15) is 13.2 Å². The molecule has 2 amide bonds. The van der Waals surface area contributed by atoms with Crippen molar-refractivity contribution in [2.45, 2.75) is 38.9 Å². The van der Waals surface area contributed by atoms with Crippen LogP contribution in [0.2, 0.25) is 0 Å². The highest BCUT2D eigenvalue weighted by atomic mass is 19.4. The molecule has 1 aliphatic heterocycles. The fourth-order valence-electron chi connectivity index (χ4n) is 2.55. The third kappa shape index (κ3) is 4.02. The van der Waals surface area contributed by atoms with Crippen LogP contribution in [0, 0.1) is 5.92 Å². The smallest absolute Gasteiger partial charge is 0.348 e. The van der Waals surface area contributed by atoms with Crippen LogP contribution in [0.4, 0.5) is 13.2 Å². The average Bonchev–Trinajstić information content (AvgIpc) is 2.97. The summed E-state index contributed by atoms with van der Waals surface area (Å²) in [6, 6.07) is -0.267. The Morgan fingerprint density at radius 3 is 2.48 bits per heavy atom. The zero-order valence-corrected chi connectivity index (χ0v) is 12.9. The van der Waals surface area contributed by atoms with E-state index in [9.17, 15) is 22.8 Å². The molecule has 9 heteroatoms. The maximum absolute atomic E-state index is 12.7. The Balaban J connectivity index is 1.93. The largest absolute Gasteiger partial charge is 0.433 e. The third-order valence-corrected chi connectivity index (χ3v) is 3.77. The Labute approximate surface area is 131 Å². The molecule has 0 unspecified atom stereocenters. The number of halogens is 3. The second-order valence-electron chi connectivity index (χ2n) is 5.85. The lowest BCUT2D eigenvalue weighted by atomic mass is 10.0. The predicted molar refractivity (Wildman–Crippen MR) is 75.5 cm³/mol. The van der Waals surface area contributed by atoms with E-state index in [1.54, 1.807) is 4.90 Å². The van der Waals surface area contributed by atoms with Crippen molar-refractivity contribution in [3.05, 3.63) is 17.7 Å². The highest BCUT2D eigenvalue weighted by Crippen LogP contribution is 2.29. The van der Waals surface area contributed by atoms with E-state index in [0.717, 1.165) is 6.33 Å². The number of alkyl halides is 3. The molecule has 0 spiro atoms. The number of aromatic nitrogens is 2. The van der Waals surface area contributed by atoms with Crippen molar-refractivity contribution in [2.75, 3.05) is 13.1 Å². The molecule has 0 aromatic carbocycles. The number of H-pyrrole nitrogens is 1. The lowest BCUT2D eigenvalue weighted by molar-refractivity contribution is -0.141. The molecule has 1 fully saturated rings. The number of nitrogens with one attached hydrogen (secondary N) is 2. The summed E-state index contributed by atoms with van der Waals surface area (Å²) in [4.78, 5) is 31.0. The Kier molecular flexibility index (Phi) is 4.96. The summed E-state index contributed by atoms with van der Waals surface area (Å²) in [5, 5.41) is 2.56. The molecule has 1 saturated heterocycles. The van der Waals surface area contributed by atoms with Crippen molar-refractivity contribution in [3.63, 3.8) is 0 Å². The molecule has 1 aromatic rings. The second-order valence-corrected chi connectivity index (χ2v) is 5.85. The fourth-order valence-corrected chi connectivity index (χ4v) is 2.55. The minimum Gasteiger partial charge on any atom is -0.348 e. The average molecular weight is 332 g/mol. The number of hydrogen-bond acceptors (Lipinski definition) is 3. The van der Waals surface area contributed by atoms with Crippen LogP contribution in [0.25, 0.3) is 0 Å². The summed E-state index contributed by atoms with van der Waals surface area (Å²) in [5.74, 6) is -0.909. The second kappa shape index (κ2) is 6.59. The summed E-state index contributed by atoms with van der Waals surface area (Å²) in [6.45, 7) is 4.59. The van der Waals surface area contributed by atoms with Crippen molar-refractivity contribution in [1.29, 1.82) is 0 Å². The molecular formula is C14H19F3N4O2. The van der Waals surface area contributed by atoms with E-state index in [4.69, 9.17) is 0 Å². The summed E-state index contributed by atoms with van der Waals surface area (Å²) in [5.41, 5.74) is -1.80. The summed E-state index contributed by atoms with van der Waals surface area (Å²) < 4.78 is 38.2. The van der Waals surface area contributed by atoms with Gasteiger partial charge in [-0.1, -0.05) is 13.8 Å². The van der Waals surface area contributed by atoms with E-state index in [0.29, 0.717) is 25.9 Å². The monoisotopic (exact) mass is 332 g/mol. The number of carbonyl (C=O) groups excluding carboxylic acids is 2. The van der Waals surface area contributed by atoms with Crippen LogP contribution >= 0.6 is 0 Å². The molecule has 0 saturated carbocycles. The van der Waals surface area contributed by atoms with E-state index in [1.807, 2.05) is 18.8 Å². The van der Waals surface area contributed by atoms with Gasteiger partial charge < -0.3 is 15.2 Å². The first-order chi connectivity index (χ1) is 10.7. The molecule has 2 heterocycles. The van der Waals surface area contributed by atoms with Crippen LogP contribution < -0.4 is 5.32 Å². The van der Waals surface area contributed by atoms with Crippen molar-refractivity contribution >= 4 is 11.8 Å². The number of aromatic amines is 1. The van der Waals surface area contributed by atoms with Gasteiger partial charge in [-0.15, -0.1) is 0 Å². The molecule has 2 N–H and O–H groups in total. The summed E-state index contributed by atoms with van der Waals surface area (Å²) >= 11 is 0. The quantitative estimate of drug-likeness (QED) is 0.886. The van der Waals surface area contributed by atoms with E-state index in [1.165, 1.54) is 0 Å². The van der Waals surface area contributed by atoms with Crippen LogP contribution in [-0.4, -0.2) is 45.8 Å². The van der Waals surface area contributed by atoms with Crippen LogP contribution in [0.3, 0.4) is 0 Å². The number of piperidine rings is 1. The molecule has 23 heavy (non-hydrogen) atoms. The Morgan fingerprint density at radius 1 is 1.35 bits per heavy atom. The molecule has 0 atom stereocenters. The molecular weight excluding hydrogens is 313 g/mol. The van der Waals surface area contributed by atoms with Gasteiger partial charge in [-0.3, -0.25) is 9.59 Å². The Bertz CT molecular complexity index is 575. The summed E-state index contributed by atoms with van der Waals surface area (Å²) in [6.07, 6.45) is -2.79. The zero-order chi connectivity index (χ0) is 17.2. The van der Waals surface area contributed by atoms with E-state index in [-0.39, 0.29) is 17.9 Å². The standard InChI is InChI=1S/C14H19F3N4O2/c1-8(2)13(23)21-5-3-9(4-6-21)20-12(22)10-11(14(15,16)17)19-7-18-10/h7-9H,3-6H2,1-2H3,(H,18,19)(H,20,22). The lowest BCUT2D eigenvalue weighted by Crippen LogP contribution is -2.47. The topological polar surface area (TPSA) is 78.1 Å². The Hall–Kier alpha value is -2.06. The minimum atomic E-state index is -4.66. The zero-order valence-electron chi connectivity index (χ0n) is 12.9. The number of hydrogen-bond donors (Lipinski definition) is 2. The molecule has 0 aliphatic carbocycles. The van der Waals surface area contributed by atoms with Gasteiger partial charge in [0.15, 0.2) is 11.4 Å². The molecule has 2 rings (SSSR count). The highest BCUT2D eigenvalue weighted by Gasteiger charge is 2.38. The van der Waals surface area contributed by atoms with Crippen molar-refractivity contribution in [3.8, 4) is 0 Å². The lowest BCUT2D eigenvalue weighted by Gasteiger charge is -2.33. The first-order valence-electron chi connectivity index (χ1n) is 7.40. The van der Waals surface area contributed by atoms with Crippen LogP contribution in [-0.2, 0) is 11.0 Å². The SMILES string of the molecule is CC(C)C(=O)N1CCC(NC(=O)c2nc[nH]c2C(F)(F)F)CC1. The molecule has 128 valence electrons. The number of rotatable bonds is 3. The molecule has 1 aromatic heterocycles. The molecule has 0 radical (unpaired) electrons. The van der Waals surface area contributed by atoms with Gasteiger partial charge >= 0.3 is 6.18 Å². The van der Waals surface area contributed by atoms with E-state index in [2.05, 4.69) is 10.3 Å². The van der Waals surface area contributed by atoms with Gasteiger partial charge in [0, 0.05) is 25.0 Å². The fraction of sp³-hybridized carbons (Fsp3) is 0.643. The van der Waals surface area contributed by atoms with Crippen LogP contribution in [0.15, 0.2) is 6.33 Å². The van der Waals surface area contributed by atoms with E-state index < -0.39 is 23.5 Å². The first kappa shape index (κ1) is 17.3. The van der Waals surface area contributed by atoms with Crippen LogP contribution in [0.1, 0.15) is 42.9 Å². The number of nitrogens with zero attached hydrogens (tertiary/aromatic N) is 2. The van der Waals surface area contributed by atoms with Crippen molar-refractivity contribution in [2.24, 2.45) is 5.92 Å². The van der Waals surface area contributed by atoms with Gasteiger partial charge in [0.1, 0.15) is 0 Å². The van der Waals surface area contributed by atoms with Gasteiger partial charge in [-0.25, -0.2) is 4.98 Å².